The SMILES string of the molecule is CCCCCCCC/C=C\CCCCCCCC(=O)CCCCCCCCCCCCCCCCO. The summed E-state index contributed by atoms with van der Waals surface area (Å²) in [7, 11) is 0. The van der Waals surface area contributed by atoms with Crippen LogP contribution >= 0.6 is 0 Å². The van der Waals surface area contributed by atoms with Gasteiger partial charge < -0.3 is 5.11 Å². The summed E-state index contributed by atoms with van der Waals surface area (Å²) in [5.74, 6) is 0.504. The van der Waals surface area contributed by atoms with Gasteiger partial charge in [-0.2, -0.15) is 0 Å². The van der Waals surface area contributed by atoms with Crippen LogP contribution in [0.2, 0.25) is 0 Å². The third kappa shape index (κ3) is 31.4. The van der Waals surface area contributed by atoms with Crippen molar-refractivity contribution in [1.29, 1.82) is 0 Å². The lowest BCUT2D eigenvalue weighted by molar-refractivity contribution is -0.119. The summed E-state index contributed by atoms with van der Waals surface area (Å²) in [4.78, 5) is 12.1. The average Bonchev–Trinajstić information content (AvgIpc) is 2.88. The molecule has 0 heterocycles. The maximum atomic E-state index is 12.1. The number of ketones is 1. The van der Waals surface area contributed by atoms with E-state index in [0.717, 1.165) is 32.1 Å². The van der Waals surface area contributed by atoms with Crippen LogP contribution in [-0.2, 0) is 4.79 Å². The molecule has 0 amide bonds. The van der Waals surface area contributed by atoms with Gasteiger partial charge in [0, 0.05) is 19.4 Å². The van der Waals surface area contributed by atoms with Crippen LogP contribution in [0, 0.1) is 0 Å². The van der Waals surface area contributed by atoms with Crippen molar-refractivity contribution < 1.29 is 9.90 Å². The van der Waals surface area contributed by atoms with Gasteiger partial charge in [-0.25, -0.2) is 0 Å². The molecular weight excluding hydrogens is 440 g/mol. The second-order valence-corrected chi connectivity index (χ2v) is 11.3. The van der Waals surface area contributed by atoms with Crippen molar-refractivity contribution in [3.8, 4) is 0 Å². The quantitative estimate of drug-likeness (QED) is 0.0749. The zero-order valence-corrected chi connectivity index (χ0v) is 24.7. The van der Waals surface area contributed by atoms with Gasteiger partial charge in [-0.15, -0.1) is 0 Å². The van der Waals surface area contributed by atoms with Crippen LogP contribution in [0.5, 0.6) is 0 Å². The monoisotopic (exact) mass is 507 g/mol. The van der Waals surface area contributed by atoms with Crippen LogP contribution < -0.4 is 0 Å². The van der Waals surface area contributed by atoms with Crippen molar-refractivity contribution in [2.45, 2.75) is 193 Å². The second-order valence-electron chi connectivity index (χ2n) is 11.3. The Balaban J connectivity index is 3.19. The number of carbonyl (C=O) groups is 1. The van der Waals surface area contributed by atoms with Crippen LogP contribution in [0.4, 0.5) is 0 Å². The molecule has 0 fully saturated rings. The van der Waals surface area contributed by atoms with Crippen molar-refractivity contribution >= 4 is 5.78 Å². The summed E-state index contributed by atoms with van der Waals surface area (Å²) in [6.07, 6.45) is 41.7. The molecule has 0 unspecified atom stereocenters. The van der Waals surface area contributed by atoms with Gasteiger partial charge in [0.25, 0.3) is 0 Å². The highest BCUT2D eigenvalue weighted by Gasteiger charge is 2.02. The number of aliphatic hydroxyl groups excluding tert-OH is 1. The summed E-state index contributed by atoms with van der Waals surface area (Å²) in [5, 5.41) is 8.77. The van der Waals surface area contributed by atoms with Crippen molar-refractivity contribution in [2.75, 3.05) is 6.61 Å². The highest BCUT2D eigenvalue weighted by molar-refractivity contribution is 5.78. The van der Waals surface area contributed by atoms with E-state index in [-0.39, 0.29) is 0 Å². The fourth-order valence-electron chi connectivity index (χ4n) is 5.07. The first-order valence-electron chi connectivity index (χ1n) is 16.6. The molecule has 0 aliphatic carbocycles. The molecule has 0 aromatic rings. The molecule has 214 valence electrons. The lowest BCUT2D eigenvalue weighted by Gasteiger charge is -2.04. The second kappa shape index (κ2) is 32.4. The van der Waals surface area contributed by atoms with E-state index in [1.807, 2.05) is 0 Å². The molecule has 0 saturated carbocycles. The van der Waals surface area contributed by atoms with Crippen LogP contribution in [0.15, 0.2) is 12.2 Å². The number of unbranched alkanes of at least 4 members (excludes halogenated alkanes) is 24. The van der Waals surface area contributed by atoms with Crippen molar-refractivity contribution in [3.05, 3.63) is 12.2 Å². The molecule has 0 aliphatic rings. The first-order valence-corrected chi connectivity index (χ1v) is 16.6. The third-order valence-electron chi connectivity index (χ3n) is 7.58. The fourth-order valence-corrected chi connectivity index (χ4v) is 5.07. The average molecular weight is 507 g/mol. The van der Waals surface area contributed by atoms with Gasteiger partial charge in [-0.05, 0) is 44.9 Å². The van der Waals surface area contributed by atoms with E-state index >= 15 is 0 Å². The first kappa shape index (κ1) is 35.4. The zero-order valence-electron chi connectivity index (χ0n) is 24.7. The Bertz CT molecular complexity index is 442. The molecule has 36 heavy (non-hydrogen) atoms. The van der Waals surface area contributed by atoms with Crippen LogP contribution in [-0.4, -0.2) is 17.5 Å². The van der Waals surface area contributed by atoms with Crippen LogP contribution in [0.3, 0.4) is 0 Å². The number of allylic oxidation sites excluding steroid dienone is 2. The number of hydrogen-bond donors (Lipinski definition) is 1. The van der Waals surface area contributed by atoms with E-state index in [1.54, 1.807) is 0 Å². The van der Waals surface area contributed by atoms with E-state index in [9.17, 15) is 4.79 Å². The summed E-state index contributed by atoms with van der Waals surface area (Å²) < 4.78 is 0. The van der Waals surface area contributed by atoms with Gasteiger partial charge in [-0.1, -0.05) is 147 Å². The number of hydrogen-bond acceptors (Lipinski definition) is 2. The topological polar surface area (TPSA) is 37.3 Å². The Hall–Kier alpha value is -0.630. The molecule has 1 N–H and O–H groups in total. The zero-order chi connectivity index (χ0) is 26.2. The Morgan fingerprint density at radius 1 is 0.444 bits per heavy atom. The predicted molar refractivity (Wildman–Crippen MR) is 161 cm³/mol. The number of carbonyl (C=O) groups excluding carboxylic acids is 1. The van der Waals surface area contributed by atoms with E-state index in [2.05, 4.69) is 19.1 Å². The number of aliphatic hydroxyl groups is 1. The Kier molecular flexibility index (Phi) is 31.8. The first-order chi connectivity index (χ1) is 17.8. The van der Waals surface area contributed by atoms with E-state index in [0.29, 0.717) is 12.4 Å². The van der Waals surface area contributed by atoms with Gasteiger partial charge in [0.05, 0.1) is 0 Å². The summed E-state index contributed by atoms with van der Waals surface area (Å²) in [5.41, 5.74) is 0. The van der Waals surface area contributed by atoms with E-state index in [4.69, 9.17) is 5.11 Å². The highest BCUT2D eigenvalue weighted by Crippen LogP contribution is 2.15. The smallest absolute Gasteiger partial charge is 0.132 e. The van der Waals surface area contributed by atoms with Crippen molar-refractivity contribution in [2.24, 2.45) is 0 Å². The summed E-state index contributed by atoms with van der Waals surface area (Å²) in [6.45, 7) is 2.63. The van der Waals surface area contributed by atoms with Gasteiger partial charge in [-0.3, -0.25) is 4.79 Å². The standard InChI is InChI=1S/C34H66O2/c1-2-3-4-5-6-7-8-9-10-13-16-19-22-25-28-31-34(36)32-29-26-23-20-17-14-11-12-15-18-21-24-27-30-33-35/h9-10,35H,2-8,11-33H2,1H3/b10-9-. The van der Waals surface area contributed by atoms with E-state index < -0.39 is 0 Å². The molecule has 0 rings (SSSR count). The molecule has 0 radical (unpaired) electrons. The molecule has 0 saturated heterocycles. The minimum Gasteiger partial charge on any atom is -0.396 e. The minimum absolute atomic E-state index is 0.355. The summed E-state index contributed by atoms with van der Waals surface area (Å²) in [6, 6.07) is 0. The summed E-state index contributed by atoms with van der Waals surface area (Å²) >= 11 is 0. The number of rotatable bonds is 31. The molecule has 0 aliphatic heterocycles. The van der Waals surface area contributed by atoms with Gasteiger partial charge in [0.15, 0.2) is 0 Å². The third-order valence-corrected chi connectivity index (χ3v) is 7.58. The lowest BCUT2D eigenvalue weighted by atomic mass is 10.0. The molecular formula is C34H66O2. The van der Waals surface area contributed by atoms with Gasteiger partial charge >= 0.3 is 0 Å². The molecule has 2 nitrogen and oxygen atoms in total. The number of Topliss-reactive ketones (excluding diaryl/α,β-unsaturated/α-hetero) is 1. The fraction of sp³-hybridized carbons (Fsp3) is 0.912. The van der Waals surface area contributed by atoms with E-state index in [1.165, 1.54) is 154 Å². The normalized spacial score (nSPS) is 11.6. The Morgan fingerprint density at radius 3 is 1.11 bits per heavy atom. The molecule has 0 aromatic heterocycles. The Labute approximate surface area is 227 Å². The van der Waals surface area contributed by atoms with Crippen LogP contribution in [0.25, 0.3) is 0 Å². The van der Waals surface area contributed by atoms with Crippen LogP contribution in [0.1, 0.15) is 193 Å². The largest absolute Gasteiger partial charge is 0.396 e. The molecule has 0 spiro atoms. The maximum absolute atomic E-state index is 12.1. The predicted octanol–water partition coefficient (Wildman–Crippen LogP) is 11.4. The molecule has 0 atom stereocenters. The molecule has 0 bridgehead atoms. The van der Waals surface area contributed by atoms with Crippen molar-refractivity contribution in [1.82, 2.24) is 0 Å². The van der Waals surface area contributed by atoms with Gasteiger partial charge in [0.1, 0.15) is 5.78 Å². The maximum Gasteiger partial charge on any atom is 0.132 e. The lowest BCUT2D eigenvalue weighted by Crippen LogP contribution is -1.97. The van der Waals surface area contributed by atoms with Gasteiger partial charge in [0.2, 0.25) is 0 Å². The highest BCUT2D eigenvalue weighted by atomic mass is 16.2. The minimum atomic E-state index is 0.355. The molecule has 0 aromatic carbocycles. The molecule has 2 heteroatoms. The Morgan fingerprint density at radius 2 is 0.750 bits per heavy atom. The van der Waals surface area contributed by atoms with Crippen molar-refractivity contribution in [3.63, 3.8) is 0 Å².